The lowest BCUT2D eigenvalue weighted by Gasteiger charge is -2.06. The molecule has 0 N–H and O–H groups in total. The highest BCUT2D eigenvalue weighted by Gasteiger charge is 2.31. The Morgan fingerprint density at radius 1 is 1.00 bits per heavy atom. The van der Waals surface area contributed by atoms with Gasteiger partial charge in [-0.05, 0) is 24.3 Å². The smallest absolute Gasteiger partial charge is 0.389 e. The van der Waals surface area contributed by atoms with Crippen LogP contribution in [0.2, 0.25) is 0 Å². The molecule has 2 aromatic rings. The molecule has 0 bridgehead atoms. The van der Waals surface area contributed by atoms with Gasteiger partial charge in [-0.1, -0.05) is 18.2 Å². The van der Waals surface area contributed by atoms with Crippen molar-refractivity contribution in [1.82, 2.24) is 0 Å². The number of benzene rings is 2. The molecular weight excluding hydrogens is 260 g/mol. The molecule has 0 aliphatic carbocycles. The first-order valence-corrected chi connectivity index (χ1v) is 6.04. The standard InChI is InChI=1S/C15H12O5/c1-17-14(16)15-19-12-8-7-11(9-13(12)20-15)18-10-5-3-2-4-6-10/h2-9,15H,1H3/t15-/m0/s1. The minimum absolute atomic E-state index is 0.453. The van der Waals surface area contributed by atoms with Crippen molar-refractivity contribution in [2.24, 2.45) is 0 Å². The molecule has 0 radical (unpaired) electrons. The maximum atomic E-state index is 11.4. The van der Waals surface area contributed by atoms with E-state index < -0.39 is 12.3 Å². The molecule has 0 fully saturated rings. The third-order valence-electron chi connectivity index (χ3n) is 2.76. The summed E-state index contributed by atoms with van der Waals surface area (Å²) in [6, 6.07) is 14.5. The molecule has 0 saturated carbocycles. The summed E-state index contributed by atoms with van der Waals surface area (Å²) >= 11 is 0. The van der Waals surface area contributed by atoms with Crippen LogP contribution in [-0.2, 0) is 9.53 Å². The van der Waals surface area contributed by atoms with E-state index >= 15 is 0 Å². The highest BCUT2D eigenvalue weighted by molar-refractivity contribution is 5.75. The second-order valence-corrected chi connectivity index (χ2v) is 4.11. The van der Waals surface area contributed by atoms with E-state index in [1.807, 2.05) is 30.3 Å². The minimum atomic E-state index is -1.05. The summed E-state index contributed by atoms with van der Waals surface area (Å²) in [5, 5.41) is 0. The number of hydrogen-bond donors (Lipinski definition) is 0. The zero-order valence-corrected chi connectivity index (χ0v) is 10.7. The molecule has 0 amide bonds. The molecule has 1 heterocycles. The molecule has 1 aliphatic heterocycles. The maximum absolute atomic E-state index is 11.4. The molecule has 20 heavy (non-hydrogen) atoms. The average Bonchev–Trinajstić information content (AvgIpc) is 2.90. The van der Waals surface area contributed by atoms with Gasteiger partial charge in [0.1, 0.15) is 11.5 Å². The first kappa shape index (κ1) is 12.3. The van der Waals surface area contributed by atoms with Crippen LogP contribution < -0.4 is 14.2 Å². The molecule has 0 aromatic heterocycles. The van der Waals surface area contributed by atoms with Crippen LogP contribution in [0.15, 0.2) is 48.5 Å². The molecule has 2 aromatic carbocycles. The van der Waals surface area contributed by atoms with Crippen LogP contribution in [0.4, 0.5) is 0 Å². The predicted molar refractivity (Wildman–Crippen MR) is 70.0 cm³/mol. The number of esters is 1. The molecule has 0 saturated heterocycles. The van der Waals surface area contributed by atoms with E-state index in [2.05, 4.69) is 4.74 Å². The predicted octanol–water partition coefficient (Wildman–Crippen LogP) is 2.75. The summed E-state index contributed by atoms with van der Waals surface area (Å²) in [5.41, 5.74) is 0. The second-order valence-electron chi connectivity index (χ2n) is 4.11. The lowest BCUT2D eigenvalue weighted by molar-refractivity contribution is -0.158. The largest absolute Gasteiger partial charge is 0.463 e. The van der Waals surface area contributed by atoms with Gasteiger partial charge in [-0.2, -0.15) is 0 Å². The monoisotopic (exact) mass is 272 g/mol. The summed E-state index contributed by atoms with van der Waals surface area (Å²) in [4.78, 5) is 11.4. The minimum Gasteiger partial charge on any atom is -0.463 e. The Hall–Kier alpha value is -2.69. The lowest BCUT2D eigenvalue weighted by Crippen LogP contribution is -2.30. The van der Waals surface area contributed by atoms with Gasteiger partial charge in [0, 0.05) is 6.07 Å². The molecule has 1 aliphatic rings. The SMILES string of the molecule is COC(=O)[C@H]1Oc2ccc(Oc3ccccc3)cc2O1. The Kier molecular flexibility index (Phi) is 3.16. The Morgan fingerprint density at radius 2 is 1.75 bits per heavy atom. The van der Waals surface area contributed by atoms with Gasteiger partial charge in [-0.25, -0.2) is 4.79 Å². The van der Waals surface area contributed by atoms with Crippen LogP contribution in [-0.4, -0.2) is 19.4 Å². The van der Waals surface area contributed by atoms with E-state index in [1.165, 1.54) is 7.11 Å². The zero-order chi connectivity index (χ0) is 13.9. The van der Waals surface area contributed by atoms with Gasteiger partial charge in [0.25, 0.3) is 0 Å². The topological polar surface area (TPSA) is 54.0 Å². The van der Waals surface area contributed by atoms with E-state index in [0.29, 0.717) is 17.2 Å². The quantitative estimate of drug-likeness (QED) is 0.804. The lowest BCUT2D eigenvalue weighted by atomic mass is 10.3. The Balaban J connectivity index is 1.77. The van der Waals surface area contributed by atoms with E-state index in [0.717, 1.165) is 5.75 Å². The van der Waals surface area contributed by atoms with Gasteiger partial charge < -0.3 is 18.9 Å². The average molecular weight is 272 g/mol. The number of rotatable bonds is 3. The first-order chi connectivity index (χ1) is 9.76. The van der Waals surface area contributed by atoms with Gasteiger partial charge >= 0.3 is 12.3 Å². The van der Waals surface area contributed by atoms with Crippen LogP contribution in [0.25, 0.3) is 0 Å². The van der Waals surface area contributed by atoms with E-state index in [1.54, 1.807) is 18.2 Å². The molecule has 0 spiro atoms. The summed E-state index contributed by atoms with van der Waals surface area (Å²) < 4.78 is 20.9. The number of para-hydroxylation sites is 1. The molecular formula is C15H12O5. The molecule has 3 rings (SSSR count). The van der Waals surface area contributed by atoms with Crippen molar-refractivity contribution < 1.29 is 23.7 Å². The summed E-state index contributed by atoms with van der Waals surface area (Å²) in [6.07, 6.45) is -1.05. The van der Waals surface area contributed by atoms with Gasteiger partial charge in [0.15, 0.2) is 11.5 Å². The fourth-order valence-corrected chi connectivity index (χ4v) is 1.81. The van der Waals surface area contributed by atoms with Gasteiger partial charge in [0.05, 0.1) is 7.11 Å². The number of methoxy groups -OCH3 is 1. The number of ether oxygens (including phenoxy) is 4. The van der Waals surface area contributed by atoms with Crippen LogP contribution in [0, 0.1) is 0 Å². The van der Waals surface area contributed by atoms with Crippen molar-refractivity contribution in [2.75, 3.05) is 7.11 Å². The number of fused-ring (bicyclic) bond motifs is 1. The van der Waals surface area contributed by atoms with Crippen molar-refractivity contribution in [3.63, 3.8) is 0 Å². The van der Waals surface area contributed by atoms with E-state index in [4.69, 9.17) is 14.2 Å². The van der Waals surface area contributed by atoms with Gasteiger partial charge in [-0.15, -0.1) is 0 Å². The highest BCUT2D eigenvalue weighted by atomic mass is 16.7. The summed E-state index contributed by atoms with van der Waals surface area (Å²) in [5.74, 6) is 1.68. The van der Waals surface area contributed by atoms with Crippen molar-refractivity contribution in [1.29, 1.82) is 0 Å². The zero-order valence-electron chi connectivity index (χ0n) is 10.7. The highest BCUT2D eigenvalue weighted by Crippen LogP contribution is 2.38. The van der Waals surface area contributed by atoms with Crippen molar-refractivity contribution in [2.45, 2.75) is 6.29 Å². The third-order valence-corrected chi connectivity index (χ3v) is 2.76. The van der Waals surface area contributed by atoms with Crippen molar-refractivity contribution in [3.05, 3.63) is 48.5 Å². The van der Waals surface area contributed by atoms with E-state index in [-0.39, 0.29) is 0 Å². The molecule has 0 unspecified atom stereocenters. The number of carbonyl (C=O) groups excluding carboxylic acids is 1. The first-order valence-electron chi connectivity index (χ1n) is 6.04. The van der Waals surface area contributed by atoms with Crippen LogP contribution in [0.3, 0.4) is 0 Å². The molecule has 1 atom stereocenters. The summed E-state index contributed by atoms with van der Waals surface area (Å²) in [6.45, 7) is 0. The van der Waals surface area contributed by atoms with Gasteiger partial charge in [0.2, 0.25) is 0 Å². The van der Waals surface area contributed by atoms with Crippen LogP contribution in [0.5, 0.6) is 23.0 Å². The van der Waals surface area contributed by atoms with E-state index in [9.17, 15) is 4.79 Å². The molecule has 5 heteroatoms. The fraction of sp³-hybridized carbons (Fsp3) is 0.133. The number of hydrogen-bond acceptors (Lipinski definition) is 5. The summed E-state index contributed by atoms with van der Waals surface area (Å²) in [7, 11) is 1.28. The van der Waals surface area contributed by atoms with Crippen LogP contribution in [0.1, 0.15) is 0 Å². The normalized spacial score (nSPS) is 15.8. The van der Waals surface area contributed by atoms with Crippen LogP contribution >= 0.6 is 0 Å². The van der Waals surface area contributed by atoms with Gasteiger partial charge in [-0.3, -0.25) is 0 Å². The molecule has 5 nitrogen and oxygen atoms in total. The molecule has 102 valence electrons. The Labute approximate surface area is 115 Å². The van der Waals surface area contributed by atoms with Crippen molar-refractivity contribution >= 4 is 5.97 Å². The third kappa shape index (κ3) is 2.38. The number of carbonyl (C=O) groups is 1. The second kappa shape index (κ2) is 5.13. The Bertz CT molecular complexity index is 623. The van der Waals surface area contributed by atoms with Crippen molar-refractivity contribution in [3.8, 4) is 23.0 Å². The fourth-order valence-electron chi connectivity index (χ4n) is 1.81. The maximum Gasteiger partial charge on any atom is 0.389 e. The Morgan fingerprint density at radius 3 is 2.50 bits per heavy atom.